The topological polar surface area (TPSA) is 53.6 Å². The molecular weight excluding hydrogens is 168 g/mol. The van der Waals surface area contributed by atoms with Crippen molar-refractivity contribution in [2.75, 3.05) is 6.61 Å². The molecule has 2 N–H and O–H groups in total. The van der Waals surface area contributed by atoms with Gasteiger partial charge in [-0.3, -0.25) is 0 Å². The molecule has 0 aliphatic rings. The van der Waals surface area contributed by atoms with Crippen LogP contribution in [0.3, 0.4) is 0 Å². The molecule has 1 aromatic rings. The van der Waals surface area contributed by atoms with Crippen LogP contribution in [0.1, 0.15) is 25.7 Å². The summed E-state index contributed by atoms with van der Waals surface area (Å²) in [7, 11) is 0. The molecule has 0 saturated carbocycles. The highest BCUT2D eigenvalue weighted by Crippen LogP contribution is 2.27. The van der Waals surface area contributed by atoms with E-state index < -0.39 is 6.10 Å². The standard InChI is InChI=1S/C10H16O3/c1-7(6-11)8(2)10(12)9-4-3-5-13-9/h3-5,7-8,10-12H,6H2,1-2H3. The Morgan fingerprint density at radius 2 is 2.15 bits per heavy atom. The molecule has 0 aromatic carbocycles. The number of furan rings is 1. The maximum atomic E-state index is 9.77. The summed E-state index contributed by atoms with van der Waals surface area (Å²) in [6.07, 6.45) is 0.909. The summed E-state index contributed by atoms with van der Waals surface area (Å²) in [6.45, 7) is 3.88. The van der Waals surface area contributed by atoms with E-state index in [0.29, 0.717) is 5.76 Å². The van der Waals surface area contributed by atoms with E-state index >= 15 is 0 Å². The maximum Gasteiger partial charge on any atom is 0.132 e. The van der Waals surface area contributed by atoms with Gasteiger partial charge in [-0.15, -0.1) is 0 Å². The molecule has 1 rings (SSSR count). The second-order valence-electron chi connectivity index (χ2n) is 3.48. The first-order valence-corrected chi connectivity index (χ1v) is 4.49. The summed E-state index contributed by atoms with van der Waals surface area (Å²) in [5, 5.41) is 18.7. The van der Waals surface area contributed by atoms with E-state index in [1.807, 2.05) is 13.8 Å². The predicted octanol–water partition coefficient (Wildman–Crippen LogP) is 1.58. The Kier molecular flexibility index (Phi) is 3.51. The summed E-state index contributed by atoms with van der Waals surface area (Å²) in [6, 6.07) is 3.49. The Labute approximate surface area is 78.0 Å². The molecule has 3 unspecified atom stereocenters. The molecule has 0 bridgehead atoms. The van der Waals surface area contributed by atoms with Crippen molar-refractivity contribution in [1.29, 1.82) is 0 Å². The zero-order valence-electron chi connectivity index (χ0n) is 7.97. The smallest absolute Gasteiger partial charge is 0.132 e. The van der Waals surface area contributed by atoms with E-state index in [1.54, 1.807) is 12.1 Å². The number of hydrogen-bond acceptors (Lipinski definition) is 3. The minimum atomic E-state index is -0.628. The first-order valence-electron chi connectivity index (χ1n) is 4.49. The van der Waals surface area contributed by atoms with E-state index in [1.165, 1.54) is 6.26 Å². The van der Waals surface area contributed by atoms with Crippen molar-refractivity contribution >= 4 is 0 Å². The molecule has 1 aromatic heterocycles. The molecule has 0 aliphatic heterocycles. The van der Waals surface area contributed by atoms with Gasteiger partial charge in [-0.05, 0) is 24.0 Å². The largest absolute Gasteiger partial charge is 0.467 e. The van der Waals surface area contributed by atoms with Gasteiger partial charge in [-0.1, -0.05) is 13.8 Å². The van der Waals surface area contributed by atoms with Gasteiger partial charge in [-0.25, -0.2) is 0 Å². The van der Waals surface area contributed by atoms with Crippen LogP contribution in [-0.4, -0.2) is 16.8 Å². The Morgan fingerprint density at radius 1 is 1.46 bits per heavy atom. The van der Waals surface area contributed by atoms with Crippen LogP contribution in [0.2, 0.25) is 0 Å². The van der Waals surface area contributed by atoms with Crippen molar-refractivity contribution in [1.82, 2.24) is 0 Å². The molecule has 13 heavy (non-hydrogen) atoms. The van der Waals surface area contributed by atoms with Crippen LogP contribution >= 0.6 is 0 Å². The minimum absolute atomic E-state index is 0.00356. The van der Waals surface area contributed by atoms with Gasteiger partial charge in [0.05, 0.1) is 6.26 Å². The minimum Gasteiger partial charge on any atom is -0.467 e. The van der Waals surface area contributed by atoms with Crippen LogP contribution < -0.4 is 0 Å². The van der Waals surface area contributed by atoms with Crippen LogP contribution in [-0.2, 0) is 0 Å². The lowest BCUT2D eigenvalue weighted by Crippen LogP contribution is -2.19. The van der Waals surface area contributed by atoms with E-state index in [4.69, 9.17) is 9.52 Å². The van der Waals surface area contributed by atoms with E-state index in [-0.39, 0.29) is 18.4 Å². The molecule has 3 nitrogen and oxygen atoms in total. The molecule has 3 atom stereocenters. The monoisotopic (exact) mass is 184 g/mol. The summed E-state index contributed by atoms with van der Waals surface area (Å²) in [4.78, 5) is 0. The molecule has 74 valence electrons. The fraction of sp³-hybridized carbons (Fsp3) is 0.600. The van der Waals surface area contributed by atoms with Crippen molar-refractivity contribution in [2.24, 2.45) is 11.8 Å². The second-order valence-corrected chi connectivity index (χ2v) is 3.48. The van der Waals surface area contributed by atoms with Gasteiger partial charge >= 0.3 is 0 Å². The Hall–Kier alpha value is -0.800. The summed E-state index contributed by atoms with van der Waals surface area (Å²) >= 11 is 0. The van der Waals surface area contributed by atoms with Crippen LogP contribution in [0, 0.1) is 11.8 Å². The highest BCUT2D eigenvalue weighted by Gasteiger charge is 2.23. The fourth-order valence-electron chi connectivity index (χ4n) is 1.20. The van der Waals surface area contributed by atoms with Crippen LogP contribution in [0.4, 0.5) is 0 Å². The average Bonchev–Trinajstić information content (AvgIpc) is 2.67. The Morgan fingerprint density at radius 3 is 2.62 bits per heavy atom. The van der Waals surface area contributed by atoms with Crippen LogP contribution in [0.25, 0.3) is 0 Å². The van der Waals surface area contributed by atoms with E-state index in [2.05, 4.69) is 0 Å². The third-order valence-electron chi connectivity index (χ3n) is 2.52. The summed E-state index contributed by atoms with van der Waals surface area (Å²) in [5.74, 6) is 0.629. The summed E-state index contributed by atoms with van der Waals surface area (Å²) in [5.41, 5.74) is 0. The second kappa shape index (κ2) is 4.44. The molecule has 1 heterocycles. The van der Waals surface area contributed by atoms with Crippen molar-refractivity contribution in [2.45, 2.75) is 20.0 Å². The first kappa shape index (κ1) is 10.3. The third kappa shape index (κ3) is 2.32. The molecule has 0 spiro atoms. The number of rotatable bonds is 4. The lowest BCUT2D eigenvalue weighted by atomic mass is 9.90. The normalized spacial score (nSPS) is 18.2. The van der Waals surface area contributed by atoms with Gasteiger partial charge in [0.25, 0.3) is 0 Å². The highest BCUT2D eigenvalue weighted by atomic mass is 16.4. The van der Waals surface area contributed by atoms with Gasteiger partial charge < -0.3 is 14.6 Å². The molecule has 0 fully saturated rings. The highest BCUT2D eigenvalue weighted by molar-refractivity contribution is 5.03. The lowest BCUT2D eigenvalue weighted by molar-refractivity contribution is 0.0485. The number of aliphatic hydroxyl groups is 2. The van der Waals surface area contributed by atoms with Gasteiger partial charge in [-0.2, -0.15) is 0 Å². The van der Waals surface area contributed by atoms with Gasteiger partial charge in [0, 0.05) is 6.61 Å². The maximum absolute atomic E-state index is 9.77. The van der Waals surface area contributed by atoms with Gasteiger partial charge in [0.15, 0.2) is 0 Å². The quantitative estimate of drug-likeness (QED) is 0.747. The Balaban J connectivity index is 2.62. The van der Waals surface area contributed by atoms with Crippen molar-refractivity contribution < 1.29 is 14.6 Å². The zero-order chi connectivity index (χ0) is 9.84. The first-order chi connectivity index (χ1) is 6.16. The summed E-state index contributed by atoms with van der Waals surface area (Å²) < 4.78 is 5.08. The van der Waals surface area contributed by atoms with Crippen LogP contribution in [0.15, 0.2) is 22.8 Å². The van der Waals surface area contributed by atoms with E-state index in [0.717, 1.165) is 0 Å². The third-order valence-corrected chi connectivity index (χ3v) is 2.52. The van der Waals surface area contributed by atoms with E-state index in [9.17, 15) is 5.11 Å². The van der Waals surface area contributed by atoms with Gasteiger partial charge in [0.2, 0.25) is 0 Å². The van der Waals surface area contributed by atoms with Crippen molar-refractivity contribution in [3.05, 3.63) is 24.2 Å². The fourth-order valence-corrected chi connectivity index (χ4v) is 1.20. The lowest BCUT2D eigenvalue weighted by Gasteiger charge is -2.21. The van der Waals surface area contributed by atoms with Crippen LogP contribution in [0.5, 0.6) is 0 Å². The van der Waals surface area contributed by atoms with Gasteiger partial charge in [0.1, 0.15) is 11.9 Å². The Bertz CT molecular complexity index is 230. The average molecular weight is 184 g/mol. The number of hydrogen-bond donors (Lipinski definition) is 2. The SMILES string of the molecule is CC(CO)C(C)C(O)c1ccco1. The number of aliphatic hydroxyl groups excluding tert-OH is 2. The predicted molar refractivity (Wildman–Crippen MR) is 49.1 cm³/mol. The molecule has 0 radical (unpaired) electrons. The zero-order valence-corrected chi connectivity index (χ0v) is 7.97. The molecular formula is C10H16O3. The molecule has 0 aliphatic carbocycles. The molecule has 3 heteroatoms. The van der Waals surface area contributed by atoms with Crippen molar-refractivity contribution in [3.8, 4) is 0 Å². The van der Waals surface area contributed by atoms with Crippen molar-refractivity contribution in [3.63, 3.8) is 0 Å². The molecule has 0 amide bonds. The molecule has 0 saturated heterocycles.